The van der Waals surface area contributed by atoms with Gasteiger partial charge in [0.25, 0.3) is 0 Å². The minimum Gasteiger partial charge on any atom is -0.354 e. The van der Waals surface area contributed by atoms with Crippen molar-refractivity contribution >= 4 is 24.2 Å². The normalized spacial score (nSPS) is 22.3. The van der Waals surface area contributed by atoms with Gasteiger partial charge in [-0.15, -0.1) is 12.4 Å². The smallest absolute Gasteiger partial charge is 0.237 e. The second-order valence-electron chi connectivity index (χ2n) is 7.51. The van der Waals surface area contributed by atoms with Crippen molar-refractivity contribution in [1.82, 2.24) is 20.9 Å². The Morgan fingerprint density at radius 3 is 2.75 bits per heavy atom. The third-order valence-corrected chi connectivity index (χ3v) is 5.35. The molecule has 2 atom stereocenters. The Bertz CT molecular complexity index is 655. The van der Waals surface area contributed by atoms with Crippen LogP contribution in [0.15, 0.2) is 24.3 Å². The van der Waals surface area contributed by atoms with Crippen molar-refractivity contribution in [3.8, 4) is 0 Å². The highest BCUT2D eigenvalue weighted by atomic mass is 35.5. The van der Waals surface area contributed by atoms with Gasteiger partial charge in [-0.05, 0) is 50.8 Å². The Hall–Kier alpha value is -1.70. The standard InChI is InChI=1S/C20H29FN4O2.ClH/c21-17-7-2-1-6-16(17)12-23-19(26)14-25-10-4-5-15(13-25)11-24-20(27)18-8-3-9-22-18;/h1-2,6-7,15,18,22H,3-5,8-14H2,(H,23,26)(H,24,27);1H. The summed E-state index contributed by atoms with van der Waals surface area (Å²) in [6.45, 7) is 3.76. The Morgan fingerprint density at radius 2 is 2.00 bits per heavy atom. The topological polar surface area (TPSA) is 73.5 Å². The molecule has 2 heterocycles. The first-order valence-corrected chi connectivity index (χ1v) is 9.85. The van der Waals surface area contributed by atoms with Crippen LogP contribution in [0.4, 0.5) is 4.39 Å². The molecule has 2 saturated heterocycles. The van der Waals surface area contributed by atoms with Crippen LogP contribution in [0.3, 0.4) is 0 Å². The number of hydrogen-bond acceptors (Lipinski definition) is 4. The van der Waals surface area contributed by atoms with Gasteiger partial charge in [0.1, 0.15) is 5.82 Å². The summed E-state index contributed by atoms with van der Waals surface area (Å²) in [6, 6.07) is 6.42. The molecule has 6 nitrogen and oxygen atoms in total. The van der Waals surface area contributed by atoms with E-state index < -0.39 is 0 Å². The van der Waals surface area contributed by atoms with E-state index in [1.54, 1.807) is 18.2 Å². The number of rotatable bonds is 7. The summed E-state index contributed by atoms with van der Waals surface area (Å²) in [5.41, 5.74) is 0.491. The lowest BCUT2D eigenvalue weighted by Crippen LogP contribution is -2.47. The molecule has 156 valence electrons. The molecule has 0 saturated carbocycles. The molecule has 2 amide bonds. The fraction of sp³-hybridized carbons (Fsp3) is 0.600. The lowest BCUT2D eigenvalue weighted by Gasteiger charge is -2.32. The molecule has 2 fully saturated rings. The second-order valence-corrected chi connectivity index (χ2v) is 7.51. The molecule has 2 unspecified atom stereocenters. The molecule has 0 radical (unpaired) electrons. The molecule has 3 N–H and O–H groups in total. The zero-order valence-corrected chi connectivity index (χ0v) is 16.9. The number of piperidine rings is 1. The van der Waals surface area contributed by atoms with Crippen molar-refractivity contribution in [3.05, 3.63) is 35.6 Å². The maximum absolute atomic E-state index is 13.6. The van der Waals surface area contributed by atoms with Crippen molar-refractivity contribution in [2.24, 2.45) is 5.92 Å². The summed E-state index contributed by atoms with van der Waals surface area (Å²) < 4.78 is 13.6. The van der Waals surface area contributed by atoms with Gasteiger partial charge in [0, 0.05) is 25.2 Å². The first-order chi connectivity index (χ1) is 13.1. The molecule has 0 spiro atoms. The first kappa shape index (κ1) is 22.6. The van der Waals surface area contributed by atoms with Crippen molar-refractivity contribution in [3.63, 3.8) is 0 Å². The van der Waals surface area contributed by atoms with Crippen molar-refractivity contribution < 1.29 is 14.0 Å². The van der Waals surface area contributed by atoms with Crippen LogP contribution in [0, 0.1) is 11.7 Å². The fourth-order valence-electron chi connectivity index (χ4n) is 3.83. The Balaban J connectivity index is 0.00000280. The van der Waals surface area contributed by atoms with E-state index in [0.29, 0.717) is 24.6 Å². The number of nitrogens with one attached hydrogen (secondary N) is 3. The number of carbonyl (C=O) groups is 2. The highest BCUT2D eigenvalue weighted by molar-refractivity contribution is 5.85. The summed E-state index contributed by atoms with van der Waals surface area (Å²) >= 11 is 0. The number of carbonyl (C=O) groups excluding carboxylic acids is 2. The molecule has 1 aromatic carbocycles. The molecule has 0 bridgehead atoms. The second kappa shape index (κ2) is 11.3. The van der Waals surface area contributed by atoms with Crippen LogP contribution in [-0.4, -0.2) is 55.5 Å². The summed E-state index contributed by atoms with van der Waals surface area (Å²) in [6.07, 6.45) is 4.04. The quantitative estimate of drug-likeness (QED) is 0.633. The number of likely N-dealkylation sites (tertiary alicyclic amines) is 1. The zero-order chi connectivity index (χ0) is 19.1. The SMILES string of the molecule is Cl.O=C(CN1CCCC(CNC(=O)C2CCCN2)C1)NCc1ccccc1F. The van der Waals surface area contributed by atoms with E-state index >= 15 is 0 Å². The molecule has 8 heteroatoms. The maximum Gasteiger partial charge on any atom is 0.237 e. The van der Waals surface area contributed by atoms with Gasteiger partial charge in [0.05, 0.1) is 12.6 Å². The molecule has 0 aliphatic carbocycles. The molecule has 28 heavy (non-hydrogen) atoms. The van der Waals surface area contributed by atoms with E-state index in [2.05, 4.69) is 20.9 Å². The summed E-state index contributed by atoms with van der Waals surface area (Å²) in [4.78, 5) is 26.4. The van der Waals surface area contributed by atoms with Crippen LogP contribution in [0.5, 0.6) is 0 Å². The Kier molecular flexibility index (Phi) is 9.15. The average Bonchev–Trinajstić information content (AvgIpc) is 3.21. The van der Waals surface area contributed by atoms with Gasteiger partial charge < -0.3 is 16.0 Å². The lowest BCUT2D eigenvalue weighted by atomic mass is 9.98. The number of benzene rings is 1. The van der Waals surface area contributed by atoms with Crippen LogP contribution >= 0.6 is 12.4 Å². The Labute approximate surface area is 172 Å². The van der Waals surface area contributed by atoms with Crippen molar-refractivity contribution in [1.29, 1.82) is 0 Å². The largest absolute Gasteiger partial charge is 0.354 e. The minimum absolute atomic E-state index is 0. The van der Waals surface area contributed by atoms with E-state index in [4.69, 9.17) is 0 Å². The molecule has 2 aliphatic rings. The van der Waals surface area contributed by atoms with Gasteiger partial charge >= 0.3 is 0 Å². The van der Waals surface area contributed by atoms with E-state index in [1.807, 2.05) is 0 Å². The molecule has 0 aromatic heterocycles. The van der Waals surface area contributed by atoms with E-state index in [1.165, 1.54) is 6.07 Å². The van der Waals surface area contributed by atoms with Gasteiger partial charge in [-0.3, -0.25) is 14.5 Å². The number of halogens is 2. The van der Waals surface area contributed by atoms with Crippen LogP contribution in [0.2, 0.25) is 0 Å². The summed E-state index contributed by atoms with van der Waals surface area (Å²) in [5.74, 6) is 0.0529. The minimum atomic E-state index is -0.302. The van der Waals surface area contributed by atoms with E-state index in [9.17, 15) is 14.0 Å². The van der Waals surface area contributed by atoms with Gasteiger partial charge in [0.2, 0.25) is 11.8 Å². The van der Waals surface area contributed by atoms with Crippen molar-refractivity contribution in [2.45, 2.75) is 38.3 Å². The van der Waals surface area contributed by atoms with Gasteiger partial charge in [-0.2, -0.15) is 0 Å². The van der Waals surface area contributed by atoms with Gasteiger partial charge in [-0.1, -0.05) is 18.2 Å². The molecular weight excluding hydrogens is 383 g/mol. The molecule has 2 aliphatic heterocycles. The predicted molar refractivity (Wildman–Crippen MR) is 109 cm³/mol. The third-order valence-electron chi connectivity index (χ3n) is 5.35. The van der Waals surface area contributed by atoms with E-state index in [-0.39, 0.29) is 42.6 Å². The van der Waals surface area contributed by atoms with Crippen LogP contribution in [0.1, 0.15) is 31.2 Å². The number of hydrogen-bond donors (Lipinski definition) is 3. The maximum atomic E-state index is 13.6. The summed E-state index contributed by atoms with van der Waals surface area (Å²) in [5, 5.41) is 9.05. The van der Waals surface area contributed by atoms with Crippen LogP contribution in [-0.2, 0) is 16.1 Å². The number of amides is 2. The van der Waals surface area contributed by atoms with E-state index in [0.717, 1.165) is 45.3 Å². The summed E-state index contributed by atoms with van der Waals surface area (Å²) in [7, 11) is 0. The zero-order valence-electron chi connectivity index (χ0n) is 16.1. The monoisotopic (exact) mass is 412 g/mol. The van der Waals surface area contributed by atoms with Crippen molar-refractivity contribution in [2.75, 3.05) is 32.7 Å². The highest BCUT2D eigenvalue weighted by Gasteiger charge is 2.25. The molecule has 3 rings (SSSR count). The lowest BCUT2D eigenvalue weighted by molar-refractivity contribution is -0.124. The molecule has 1 aromatic rings. The third kappa shape index (κ3) is 6.72. The predicted octanol–water partition coefficient (Wildman–Crippen LogP) is 1.44. The van der Waals surface area contributed by atoms with Gasteiger partial charge in [0.15, 0.2) is 0 Å². The fourth-order valence-corrected chi connectivity index (χ4v) is 3.83. The van der Waals surface area contributed by atoms with Crippen LogP contribution in [0.25, 0.3) is 0 Å². The average molecular weight is 413 g/mol. The number of nitrogens with zero attached hydrogens (tertiary/aromatic N) is 1. The first-order valence-electron chi connectivity index (χ1n) is 9.85. The van der Waals surface area contributed by atoms with Crippen LogP contribution < -0.4 is 16.0 Å². The highest BCUT2D eigenvalue weighted by Crippen LogP contribution is 2.16. The molecular formula is C20H30ClFN4O2. The van der Waals surface area contributed by atoms with Gasteiger partial charge in [-0.25, -0.2) is 4.39 Å². The Morgan fingerprint density at radius 1 is 1.18 bits per heavy atom.